The molecule has 1 atom stereocenters. The maximum atomic E-state index is 13.7. The summed E-state index contributed by atoms with van der Waals surface area (Å²) in [6.07, 6.45) is 0. The minimum absolute atomic E-state index is 0.0477. The highest BCUT2D eigenvalue weighted by Gasteiger charge is 2.25. The molecular weight excluding hydrogens is 409 g/mol. The number of carbonyl (C=O) groups excluding carboxylic acids is 2. The fourth-order valence-corrected chi connectivity index (χ4v) is 3.71. The second-order valence-electron chi connectivity index (χ2n) is 8.47. The summed E-state index contributed by atoms with van der Waals surface area (Å²) >= 11 is 0. The largest absolute Gasteiger partial charge is 0.378 e. The maximum Gasteiger partial charge on any atom is 0.313 e. The maximum absolute atomic E-state index is 13.7. The van der Waals surface area contributed by atoms with E-state index in [1.54, 1.807) is 19.1 Å². The average Bonchev–Trinajstić information content (AvgIpc) is 2.77. The number of benzene rings is 2. The SMILES string of the molecule is Cc1ccc(NC(=O)C(=O)NC[C@H](c2ccc(N(C)C)cc2)N2CCN(C)CC2)cc1F. The molecule has 2 aromatic rings. The number of carbonyl (C=O) groups is 2. The zero-order valence-corrected chi connectivity index (χ0v) is 19.2. The Bertz CT molecular complexity index is 940. The number of piperazine rings is 1. The van der Waals surface area contributed by atoms with Crippen LogP contribution < -0.4 is 15.5 Å². The third kappa shape index (κ3) is 6.05. The topological polar surface area (TPSA) is 67.9 Å². The number of nitrogens with one attached hydrogen (secondary N) is 2. The number of hydrogen-bond acceptors (Lipinski definition) is 5. The Morgan fingerprint density at radius 1 is 1.03 bits per heavy atom. The quantitative estimate of drug-likeness (QED) is 0.673. The summed E-state index contributed by atoms with van der Waals surface area (Å²) in [5, 5.41) is 5.22. The number of halogens is 1. The highest BCUT2D eigenvalue weighted by atomic mass is 19.1. The van der Waals surface area contributed by atoms with Gasteiger partial charge in [-0.25, -0.2) is 4.39 Å². The first-order chi connectivity index (χ1) is 15.2. The fourth-order valence-electron chi connectivity index (χ4n) is 3.71. The van der Waals surface area contributed by atoms with Crippen LogP contribution in [0.2, 0.25) is 0 Å². The van der Waals surface area contributed by atoms with Gasteiger partial charge in [-0.1, -0.05) is 18.2 Å². The number of nitrogens with zero attached hydrogens (tertiary/aromatic N) is 3. The molecule has 1 aliphatic rings. The van der Waals surface area contributed by atoms with Crippen LogP contribution in [0.25, 0.3) is 0 Å². The van der Waals surface area contributed by atoms with Crippen molar-refractivity contribution in [2.24, 2.45) is 0 Å². The molecule has 1 fully saturated rings. The van der Waals surface area contributed by atoms with Crippen LogP contribution in [0.4, 0.5) is 15.8 Å². The second kappa shape index (κ2) is 10.6. The van der Waals surface area contributed by atoms with Gasteiger partial charge < -0.3 is 20.4 Å². The molecule has 2 aromatic carbocycles. The van der Waals surface area contributed by atoms with Crippen molar-refractivity contribution in [3.8, 4) is 0 Å². The van der Waals surface area contributed by atoms with Crippen LogP contribution in [0.15, 0.2) is 42.5 Å². The van der Waals surface area contributed by atoms with E-state index in [-0.39, 0.29) is 11.7 Å². The van der Waals surface area contributed by atoms with Crippen molar-refractivity contribution in [3.63, 3.8) is 0 Å². The van der Waals surface area contributed by atoms with Gasteiger partial charge in [-0.15, -0.1) is 0 Å². The van der Waals surface area contributed by atoms with Crippen molar-refractivity contribution in [1.29, 1.82) is 0 Å². The van der Waals surface area contributed by atoms with Crippen LogP contribution in [0.5, 0.6) is 0 Å². The summed E-state index contributed by atoms with van der Waals surface area (Å²) < 4.78 is 13.7. The van der Waals surface area contributed by atoms with E-state index in [9.17, 15) is 14.0 Å². The van der Waals surface area contributed by atoms with E-state index >= 15 is 0 Å². The Labute approximate surface area is 189 Å². The molecule has 0 radical (unpaired) electrons. The Balaban J connectivity index is 1.67. The molecular formula is C24H32FN5O2. The molecule has 0 spiro atoms. The van der Waals surface area contributed by atoms with Gasteiger partial charge in [0.1, 0.15) is 5.82 Å². The Morgan fingerprint density at radius 3 is 2.28 bits per heavy atom. The number of aryl methyl sites for hydroxylation is 1. The molecule has 0 aromatic heterocycles. The predicted octanol–water partition coefficient (Wildman–Crippen LogP) is 2.24. The van der Waals surface area contributed by atoms with Crippen molar-refractivity contribution in [3.05, 3.63) is 59.4 Å². The first kappa shape index (κ1) is 23.7. The lowest BCUT2D eigenvalue weighted by atomic mass is 10.0. The monoisotopic (exact) mass is 441 g/mol. The van der Waals surface area contributed by atoms with Crippen molar-refractivity contribution >= 4 is 23.2 Å². The molecule has 32 heavy (non-hydrogen) atoms. The number of amides is 2. The zero-order chi connectivity index (χ0) is 23.3. The molecule has 2 amide bonds. The van der Waals surface area contributed by atoms with Crippen LogP contribution >= 0.6 is 0 Å². The average molecular weight is 442 g/mol. The summed E-state index contributed by atoms with van der Waals surface area (Å²) in [7, 11) is 6.08. The molecule has 0 unspecified atom stereocenters. The van der Waals surface area contributed by atoms with E-state index in [2.05, 4.69) is 51.7 Å². The number of anilines is 2. The first-order valence-electron chi connectivity index (χ1n) is 10.8. The van der Waals surface area contributed by atoms with E-state index < -0.39 is 17.6 Å². The van der Waals surface area contributed by atoms with E-state index in [0.717, 1.165) is 37.4 Å². The first-order valence-corrected chi connectivity index (χ1v) is 10.8. The van der Waals surface area contributed by atoms with E-state index in [0.29, 0.717) is 12.1 Å². The van der Waals surface area contributed by atoms with Gasteiger partial charge in [-0.2, -0.15) is 0 Å². The number of rotatable bonds is 6. The van der Waals surface area contributed by atoms with Crippen LogP contribution in [-0.4, -0.2) is 75.5 Å². The third-order valence-corrected chi connectivity index (χ3v) is 5.86. The van der Waals surface area contributed by atoms with Gasteiger partial charge in [0.15, 0.2) is 0 Å². The molecule has 7 nitrogen and oxygen atoms in total. The highest BCUT2D eigenvalue weighted by molar-refractivity contribution is 6.39. The van der Waals surface area contributed by atoms with Crippen LogP contribution in [0.3, 0.4) is 0 Å². The predicted molar refractivity (Wildman–Crippen MR) is 125 cm³/mol. The molecule has 172 valence electrons. The van der Waals surface area contributed by atoms with Crippen LogP contribution in [0, 0.1) is 12.7 Å². The molecule has 0 bridgehead atoms. The molecule has 1 heterocycles. The van der Waals surface area contributed by atoms with Crippen LogP contribution in [0.1, 0.15) is 17.2 Å². The smallest absolute Gasteiger partial charge is 0.313 e. The summed E-state index contributed by atoms with van der Waals surface area (Å²) in [6, 6.07) is 12.5. The Hall–Kier alpha value is -2.97. The second-order valence-corrected chi connectivity index (χ2v) is 8.47. The summed E-state index contributed by atoms with van der Waals surface area (Å²) in [5.41, 5.74) is 2.91. The fraction of sp³-hybridized carbons (Fsp3) is 0.417. The summed E-state index contributed by atoms with van der Waals surface area (Å²) in [4.78, 5) is 31.4. The molecule has 8 heteroatoms. The molecule has 1 saturated heterocycles. The third-order valence-electron chi connectivity index (χ3n) is 5.86. The van der Waals surface area contributed by atoms with Crippen molar-refractivity contribution in [1.82, 2.24) is 15.1 Å². The van der Waals surface area contributed by atoms with Crippen molar-refractivity contribution in [2.45, 2.75) is 13.0 Å². The number of likely N-dealkylation sites (N-methyl/N-ethyl adjacent to an activating group) is 1. The zero-order valence-electron chi connectivity index (χ0n) is 19.2. The minimum atomic E-state index is -0.812. The van der Waals surface area contributed by atoms with Gasteiger partial charge in [-0.05, 0) is 49.4 Å². The molecule has 1 aliphatic heterocycles. The van der Waals surface area contributed by atoms with E-state index in [1.165, 1.54) is 6.07 Å². The molecule has 3 rings (SSSR count). The standard InChI is InChI=1S/C24H32FN5O2/c1-17-5-8-19(15-21(17)25)27-24(32)23(31)26-16-22(30-13-11-29(4)12-14-30)18-6-9-20(10-7-18)28(2)3/h5-10,15,22H,11-14,16H2,1-4H3,(H,26,31)(H,27,32)/t22-/m1/s1. The summed E-state index contributed by atoms with van der Waals surface area (Å²) in [6.45, 7) is 5.58. The lowest BCUT2D eigenvalue weighted by Crippen LogP contribution is -2.49. The minimum Gasteiger partial charge on any atom is -0.378 e. The van der Waals surface area contributed by atoms with Crippen molar-refractivity contribution < 1.29 is 14.0 Å². The van der Waals surface area contributed by atoms with Gasteiger partial charge in [0.2, 0.25) is 0 Å². The lowest BCUT2D eigenvalue weighted by Gasteiger charge is -2.38. The lowest BCUT2D eigenvalue weighted by molar-refractivity contribution is -0.136. The Kier molecular flexibility index (Phi) is 7.82. The molecule has 2 N–H and O–H groups in total. The van der Waals surface area contributed by atoms with Gasteiger partial charge >= 0.3 is 11.8 Å². The van der Waals surface area contributed by atoms with Gasteiger partial charge in [0.05, 0.1) is 6.04 Å². The van der Waals surface area contributed by atoms with E-state index in [1.807, 2.05) is 19.0 Å². The highest BCUT2D eigenvalue weighted by Crippen LogP contribution is 2.24. The molecule has 0 saturated carbocycles. The van der Waals surface area contributed by atoms with Gasteiger partial charge in [0.25, 0.3) is 0 Å². The number of hydrogen-bond donors (Lipinski definition) is 2. The Morgan fingerprint density at radius 2 is 1.69 bits per heavy atom. The van der Waals surface area contributed by atoms with Gasteiger partial charge in [0, 0.05) is 58.2 Å². The van der Waals surface area contributed by atoms with Gasteiger partial charge in [-0.3, -0.25) is 14.5 Å². The van der Waals surface area contributed by atoms with Crippen molar-refractivity contribution in [2.75, 3.05) is 64.1 Å². The van der Waals surface area contributed by atoms with Crippen LogP contribution in [-0.2, 0) is 9.59 Å². The summed E-state index contributed by atoms with van der Waals surface area (Å²) in [5.74, 6) is -1.98. The van der Waals surface area contributed by atoms with E-state index in [4.69, 9.17) is 0 Å². The normalized spacial score (nSPS) is 15.8. The molecule has 0 aliphatic carbocycles.